The molecule has 0 spiro atoms. The molecule has 0 aliphatic carbocycles. The molecule has 6 heteroatoms. The van der Waals surface area contributed by atoms with Crippen LogP contribution in [0.15, 0.2) is 47.7 Å². The first kappa shape index (κ1) is 16.4. The first-order valence-electron chi connectivity index (χ1n) is 8.07. The number of benzene rings is 1. The molecule has 1 aliphatic rings. The molecule has 0 N–H and O–H groups in total. The molecule has 0 saturated carbocycles. The predicted molar refractivity (Wildman–Crippen MR) is 90.5 cm³/mol. The normalized spacial score (nSPS) is 20.8. The minimum atomic E-state index is -0.209. The van der Waals surface area contributed by atoms with Gasteiger partial charge in [-0.25, -0.2) is 4.98 Å². The lowest BCUT2D eigenvalue weighted by Gasteiger charge is -2.35. The Kier molecular flexibility index (Phi) is 4.76. The lowest BCUT2D eigenvalue weighted by molar-refractivity contribution is -0.143. The smallest absolute Gasteiger partial charge is 0.261 e. The first-order chi connectivity index (χ1) is 11.5. The summed E-state index contributed by atoms with van der Waals surface area (Å²) >= 11 is 0. The second-order valence-electron chi connectivity index (χ2n) is 6.16. The zero-order chi connectivity index (χ0) is 17.1. The van der Waals surface area contributed by atoms with Gasteiger partial charge in [0.15, 0.2) is 0 Å². The second kappa shape index (κ2) is 6.97. The highest BCUT2D eigenvalue weighted by Crippen LogP contribution is 2.14. The third-order valence-electron chi connectivity index (χ3n) is 4.06. The summed E-state index contributed by atoms with van der Waals surface area (Å²) < 4.78 is 7.01. The predicted octanol–water partition coefficient (Wildman–Crippen LogP) is 1.55. The third-order valence-corrected chi connectivity index (χ3v) is 4.06. The fraction of sp³-hybridized carbons (Fsp3) is 0.389. The third kappa shape index (κ3) is 3.54. The highest BCUT2D eigenvalue weighted by Gasteiger charge is 2.26. The van der Waals surface area contributed by atoms with Crippen molar-refractivity contribution in [1.29, 1.82) is 0 Å². The highest BCUT2D eigenvalue weighted by molar-refractivity contribution is 5.76. The van der Waals surface area contributed by atoms with E-state index in [4.69, 9.17) is 4.74 Å². The Hall–Kier alpha value is -2.47. The van der Waals surface area contributed by atoms with Crippen molar-refractivity contribution < 1.29 is 9.53 Å². The monoisotopic (exact) mass is 327 g/mol. The van der Waals surface area contributed by atoms with Gasteiger partial charge < -0.3 is 9.64 Å². The summed E-state index contributed by atoms with van der Waals surface area (Å²) in [6.07, 6.45) is 2.96. The van der Waals surface area contributed by atoms with Crippen LogP contribution in [0.2, 0.25) is 0 Å². The van der Waals surface area contributed by atoms with Crippen molar-refractivity contribution in [2.75, 3.05) is 13.1 Å². The first-order valence-corrected chi connectivity index (χ1v) is 8.07. The minimum absolute atomic E-state index is 0.00296. The summed E-state index contributed by atoms with van der Waals surface area (Å²) in [5.74, 6) is -0.0916. The van der Waals surface area contributed by atoms with Crippen LogP contribution in [0, 0.1) is 0 Å². The molecule has 24 heavy (non-hydrogen) atoms. The molecular weight excluding hydrogens is 306 g/mol. The van der Waals surface area contributed by atoms with Crippen LogP contribution in [0.1, 0.15) is 13.8 Å². The number of rotatable bonds is 3. The molecular formula is C18H21N3O3. The maximum absolute atomic E-state index is 12.6. The average Bonchev–Trinajstić information content (AvgIpc) is 2.56. The molecule has 1 aromatic carbocycles. The van der Waals surface area contributed by atoms with E-state index in [1.165, 1.54) is 17.1 Å². The number of ether oxygens (including phenoxy) is 1. The van der Waals surface area contributed by atoms with E-state index >= 15 is 0 Å². The Balaban J connectivity index is 1.81. The van der Waals surface area contributed by atoms with Gasteiger partial charge in [-0.05, 0) is 19.4 Å². The number of hydrogen-bond acceptors (Lipinski definition) is 4. The standard InChI is InChI=1S/C18H21N3O3/c1-13-9-20(10-14(2)24-13)17(22)11-21-12-19-8-16(18(21)23)15-6-4-3-5-7-15/h3-8,12-14H,9-11H2,1-2H3/t13-,14-/m1/s1. The van der Waals surface area contributed by atoms with Gasteiger partial charge in [0.25, 0.3) is 5.56 Å². The molecule has 2 aromatic rings. The minimum Gasteiger partial charge on any atom is -0.372 e. The van der Waals surface area contributed by atoms with Crippen LogP contribution in [0.4, 0.5) is 0 Å². The van der Waals surface area contributed by atoms with Gasteiger partial charge in [0.2, 0.25) is 5.91 Å². The van der Waals surface area contributed by atoms with E-state index < -0.39 is 0 Å². The van der Waals surface area contributed by atoms with Crippen LogP contribution >= 0.6 is 0 Å². The summed E-state index contributed by atoms with van der Waals surface area (Å²) in [5, 5.41) is 0. The number of carbonyl (C=O) groups is 1. The Morgan fingerprint density at radius 1 is 1.21 bits per heavy atom. The van der Waals surface area contributed by atoms with Gasteiger partial charge in [-0.3, -0.25) is 14.2 Å². The number of carbonyl (C=O) groups excluding carboxylic acids is 1. The number of aromatic nitrogens is 2. The van der Waals surface area contributed by atoms with Crippen LogP contribution in [0.5, 0.6) is 0 Å². The van der Waals surface area contributed by atoms with Crippen LogP contribution < -0.4 is 5.56 Å². The Bertz CT molecular complexity index is 763. The van der Waals surface area contributed by atoms with Crippen LogP contribution in [0.3, 0.4) is 0 Å². The van der Waals surface area contributed by atoms with Crippen molar-refractivity contribution in [3.63, 3.8) is 0 Å². The maximum atomic E-state index is 12.6. The van der Waals surface area contributed by atoms with Gasteiger partial charge in [-0.15, -0.1) is 0 Å². The molecule has 0 unspecified atom stereocenters. The zero-order valence-electron chi connectivity index (χ0n) is 13.9. The van der Waals surface area contributed by atoms with Crippen molar-refractivity contribution in [2.45, 2.75) is 32.6 Å². The zero-order valence-corrected chi connectivity index (χ0v) is 13.9. The average molecular weight is 327 g/mol. The van der Waals surface area contributed by atoms with Gasteiger partial charge in [-0.1, -0.05) is 30.3 Å². The van der Waals surface area contributed by atoms with Gasteiger partial charge in [0.1, 0.15) is 6.54 Å². The highest BCUT2D eigenvalue weighted by atomic mass is 16.5. The molecule has 3 rings (SSSR count). The van der Waals surface area contributed by atoms with Gasteiger partial charge >= 0.3 is 0 Å². The van der Waals surface area contributed by atoms with Crippen molar-refractivity contribution in [1.82, 2.24) is 14.5 Å². The molecule has 0 radical (unpaired) electrons. The Labute approximate surface area is 140 Å². The lowest BCUT2D eigenvalue weighted by atomic mass is 10.1. The molecule has 1 saturated heterocycles. The molecule has 0 bridgehead atoms. The van der Waals surface area contributed by atoms with E-state index in [-0.39, 0.29) is 30.2 Å². The molecule has 126 valence electrons. The van der Waals surface area contributed by atoms with Crippen molar-refractivity contribution in [3.8, 4) is 11.1 Å². The Morgan fingerprint density at radius 3 is 2.54 bits per heavy atom. The number of nitrogens with zero attached hydrogens (tertiary/aromatic N) is 3. The maximum Gasteiger partial charge on any atom is 0.261 e. The van der Waals surface area contributed by atoms with Crippen molar-refractivity contribution in [2.24, 2.45) is 0 Å². The van der Waals surface area contributed by atoms with Crippen LogP contribution in [-0.2, 0) is 16.1 Å². The molecule has 2 heterocycles. The summed E-state index contributed by atoms with van der Waals surface area (Å²) in [6, 6.07) is 9.34. The topological polar surface area (TPSA) is 64.4 Å². The van der Waals surface area contributed by atoms with E-state index in [0.29, 0.717) is 18.7 Å². The molecule has 1 amide bonds. The van der Waals surface area contributed by atoms with Gasteiger partial charge in [0.05, 0.1) is 24.1 Å². The molecule has 2 atom stereocenters. The fourth-order valence-electron chi connectivity index (χ4n) is 3.01. The molecule has 1 aromatic heterocycles. The number of morpholine rings is 1. The fourth-order valence-corrected chi connectivity index (χ4v) is 3.01. The van der Waals surface area contributed by atoms with Gasteiger partial charge in [0, 0.05) is 19.3 Å². The Morgan fingerprint density at radius 2 is 1.88 bits per heavy atom. The van der Waals surface area contributed by atoms with Crippen molar-refractivity contribution >= 4 is 5.91 Å². The SMILES string of the molecule is C[C@@H]1CN(C(=O)Cn2cncc(-c3ccccc3)c2=O)C[C@@H](C)O1. The van der Waals surface area contributed by atoms with Gasteiger partial charge in [-0.2, -0.15) is 0 Å². The molecule has 1 fully saturated rings. The second-order valence-corrected chi connectivity index (χ2v) is 6.16. The number of hydrogen-bond donors (Lipinski definition) is 0. The summed E-state index contributed by atoms with van der Waals surface area (Å²) in [5.41, 5.74) is 1.08. The quantitative estimate of drug-likeness (QED) is 0.858. The van der Waals surface area contributed by atoms with Crippen LogP contribution in [-0.4, -0.2) is 45.7 Å². The van der Waals surface area contributed by atoms with Crippen LogP contribution in [0.25, 0.3) is 11.1 Å². The largest absolute Gasteiger partial charge is 0.372 e. The van der Waals surface area contributed by atoms with E-state index in [2.05, 4.69) is 4.98 Å². The lowest BCUT2D eigenvalue weighted by Crippen LogP contribution is -2.49. The molecule has 6 nitrogen and oxygen atoms in total. The van der Waals surface area contributed by atoms with E-state index in [1.807, 2.05) is 44.2 Å². The van der Waals surface area contributed by atoms with E-state index in [1.54, 1.807) is 4.90 Å². The van der Waals surface area contributed by atoms with E-state index in [9.17, 15) is 9.59 Å². The molecule has 1 aliphatic heterocycles. The summed E-state index contributed by atoms with van der Waals surface area (Å²) in [6.45, 7) is 4.97. The number of amides is 1. The summed E-state index contributed by atoms with van der Waals surface area (Å²) in [7, 11) is 0. The van der Waals surface area contributed by atoms with E-state index in [0.717, 1.165) is 5.56 Å². The summed E-state index contributed by atoms with van der Waals surface area (Å²) in [4.78, 5) is 31.1. The van der Waals surface area contributed by atoms with Crippen molar-refractivity contribution in [3.05, 3.63) is 53.2 Å².